The summed E-state index contributed by atoms with van der Waals surface area (Å²) in [6, 6.07) is 14.8. The van der Waals surface area contributed by atoms with Gasteiger partial charge in [-0.1, -0.05) is 18.2 Å². The Labute approximate surface area is 155 Å². The van der Waals surface area contributed by atoms with Crippen molar-refractivity contribution in [2.45, 2.75) is 30.0 Å². The van der Waals surface area contributed by atoms with Crippen molar-refractivity contribution in [2.75, 3.05) is 5.32 Å². The first-order valence-electron chi connectivity index (χ1n) is 8.42. The standard InChI is InChI=1S/C20H18N2O3S/c1-11(17-10-13-5-3-4-6-16(13)25-17)21-20(24)14-7-8-18-15(9-14)22-19(23)12(2)26-18/h3-12H,1-2H3,(H,21,24)(H,22,23). The fraction of sp³-hybridized carbons (Fsp3) is 0.200. The predicted molar refractivity (Wildman–Crippen MR) is 102 cm³/mol. The molecule has 0 saturated carbocycles. The van der Waals surface area contributed by atoms with Crippen LogP contribution in [0.4, 0.5) is 5.69 Å². The van der Waals surface area contributed by atoms with Crippen LogP contribution < -0.4 is 10.6 Å². The van der Waals surface area contributed by atoms with Gasteiger partial charge in [-0.05, 0) is 44.2 Å². The van der Waals surface area contributed by atoms with Gasteiger partial charge in [0.15, 0.2) is 0 Å². The summed E-state index contributed by atoms with van der Waals surface area (Å²) in [5.41, 5.74) is 1.98. The molecule has 1 aliphatic heterocycles. The van der Waals surface area contributed by atoms with E-state index >= 15 is 0 Å². The van der Waals surface area contributed by atoms with Crippen molar-refractivity contribution in [3.05, 3.63) is 59.9 Å². The minimum atomic E-state index is -0.269. The van der Waals surface area contributed by atoms with Crippen LogP contribution in [0.15, 0.2) is 57.8 Å². The summed E-state index contributed by atoms with van der Waals surface area (Å²) in [5, 5.41) is 6.67. The zero-order valence-corrected chi connectivity index (χ0v) is 15.2. The molecule has 1 aliphatic rings. The highest BCUT2D eigenvalue weighted by Crippen LogP contribution is 2.36. The van der Waals surface area contributed by atoms with Gasteiger partial charge in [0.25, 0.3) is 5.91 Å². The SMILES string of the molecule is CC1Sc2ccc(C(=O)NC(C)c3cc4ccccc4o3)cc2NC1=O. The van der Waals surface area contributed by atoms with E-state index < -0.39 is 0 Å². The fourth-order valence-corrected chi connectivity index (χ4v) is 3.85. The molecule has 0 fully saturated rings. The summed E-state index contributed by atoms with van der Waals surface area (Å²) in [7, 11) is 0. The third kappa shape index (κ3) is 3.08. The molecule has 26 heavy (non-hydrogen) atoms. The average molecular weight is 366 g/mol. The van der Waals surface area contributed by atoms with E-state index in [1.54, 1.807) is 12.1 Å². The molecule has 0 saturated heterocycles. The van der Waals surface area contributed by atoms with Crippen LogP contribution in [0, 0.1) is 0 Å². The van der Waals surface area contributed by atoms with Gasteiger partial charge in [-0.2, -0.15) is 0 Å². The van der Waals surface area contributed by atoms with Gasteiger partial charge < -0.3 is 15.1 Å². The first kappa shape index (κ1) is 16.7. The summed E-state index contributed by atoms with van der Waals surface area (Å²) in [4.78, 5) is 25.4. The molecule has 2 N–H and O–H groups in total. The molecule has 3 aromatic rings. The third-order valence-corrected chi connectivity index (χ3v) is 5.57. The number of carbonyl (C=O) groups excluding carboxylic acids is 2. The predicted octanol–water partition coefficient (Wildman–Crippen LogP) is 4.36. The van der Waals surface area contributed by atoms with Crippen molar-refractivity contribution in [3.63, 3.8) is 0 Å². The molecule has 0 aliphatic carbocycles. The number of hydrogen-bond acceptors (Lipinski definition) is 4. The Hall–Kier alpha value is -2.73. The normalized spacial score (nSPS) is 17.5. The monoisotopic (exact) mass is 366 g/mol. The Morgan fingerprint density at radius 1 is 1.23 bits per heavy atom. The van der Waals surface area contributed by atoms with Gasteiger partial charge in [0.1, 0.15) is 11.3 Å². The third-order valence-electron chi connectivity index (χ3n) is 4.39. The molecule has 2 unspecified atom stereocenters. The minimum Gasteiger partial charge on any atom is -0.459 e. The first-order valence-corrected chi connectivity index (χ1v) is 9.30. The quantitative estimate of drug-likeness (QED) is 0.723. The molecule has 0 radical (unpaired) electrons. The van der Waals surface area contributed by atoms with Crippen LogP contribution in [-0.4, -0.2) is 17.1 Å². The van der Waals surface area contributed by atoms with Crippen molar-refractivity contribution in [2.24, 2.45) is 0 Å². The zero-order chi connectivity index (χ0) is 18.3. The molecule has 2 aromatic carbocycles. The maximum atomic E-state index is 12.6. The lowest BCUT2D eigenvalue weighted by Gasteiger charge is -2.22. The fourth-order valence-electron chi connectivity index (χ4n) is 2.92. The minimum absolute atomic E-state index is 0.0456. The molecule has 2 atom stereocenters. The highest BCUT2D eigenvalue weighted by molar-refractivity contribution is 8.00. The lowest BCUT2D eigenvalue weighted by atomic mass is 10.1. The molecule has 2 amide bonds. The molecule has 4 rings (SSSR count). The Kier molecular flexibility index (Phi) is 4.20. The Morgan fingerprint density at radius 2 is 2.04 bits per heavy atom. The molecular formula is C20H18N2O3S. The van der Waals surface area contributed by atoms with Crippen molar-refractivity contribution in [1.29, 1.82) is 0 Å². The highest BCUT2D eigenvalue weighted by Gasteiger charge is 2.24. The van der Waals surface area contributed by atoms with Crippen LogP contribution in [0.2, 0.25) is 0 Å². The maximum absolute atomic E-state index is 12.6. The van der Waals surface area contributed by atoms with Gasteiger partial charge in [-0.25, -0.2) is 0 Å². The van der Waals surface area contributed by atoms with Crippen molar-refractivity contribution >= 4 is 40.2 Å². The summed E-state index contributed by atoms with van der Waals surface area (Å²) in [6.45, 7) is 3.74. The van der Waals surface area contributed by atoms with Crippen LogP contribution in [0.1, 0.15) is 36.0 Å². The van der Waals surface area contributed by atoms with E-state index in [0.717, 1.165) is 15.9 Å². The van der Waals surface area contributed by atoms with Crippen LogP contribution >= 0.6 is 11.8 Å². The van der Waals surface area contributed by atoms with E-state index in [2.05, 4.69) is 10.6 Å². The number of thioether (sulfide) groups is 1. The van der Waals surface area contributed by atoms with Crippen LogP contribution in [0.3, 0.4) is 0 Å². The second-order valence-electron chi connectivity index (χ2n) is 6.34. The van der Waals surface area contributed by atoms with Crippen LogP contribution in [0.5, 0.6) is 0 Å². The van der Waals surface area contributed by atoms with Gasteiger partial charge in [-0.15, -0.1) is 11.8 Å². The molecule has 6 heteroatoms. The summed E-state index contributed by atoms with van der Waals surface area (Å²) in [5.74, 6) is 0.449. The Bertz CT molecular complexity index is 978. The van der Waals surface area contributed by atoms with E-state index in [0.29, 0.717) is 17.0 Å². The van der Waals surface area contributed by atoms with Crippen molar-refractivity contribution in [3.8, 4) is 0 Å². The van der Waals surface area contributed by atoms with E-state index in [1.807, 2.05) is 50.2 Å². The smallest absolute Gasteiger partial charge is 0.251 e. The number of amides is 2. The summed E-state index contributed by atoms with van der Waals surface area (Å²) in [6.07, 6.45) is 0. The van der Waals surface area contributed by atoms with Crippen molar-refractivity contribution < 1.29 is 14.0 Å². The average Bonchev–Trinajstić information content (AvgIpc) is 3.06. The molecule has 2 heterocycles. The lowest BCUT2D eigenvalue weighted by molar-refractivity contribution is -0.115. The number of carbonyl (C=O) groups is 2. The zero-order valence-electron chi connectivity index (χ0n) is 14.4. The Morgan fingerprint density at radius 3 is 2.85 bits per heavy atom. The summed E-state index contributed by atoms with van der Waals surface area (Å²) < 4.78 is 5.81. The van der Waals surface area contributed by atoms with Gasteiger partial charge in [-0.3, -0.25) is 9.59 Å². The van der Waals surface area contributed by atoms with Gasteiger partial charge in [0, 0.05) is 15.8 Å². The van der Waals surface area contributed by atoms with Crippen molar-refractivity contribution in [1.82, 2.24) is 5.32 Å². The molecule has 132 valence electrons. The Balaban J connectivity index is 1.52. The molecule has 0 spiro atoms. The number of anilines is 1. The van der Waals surface area contributed by atoms with Crippen LogP contribution in [-0.2, 0) is 4.79 Å². The van der Waals surface area contributed by atoms with Gasteiger partial charge in [0.2, 0.25) is 5.91 Å². The highest BCUT2D eigenvalue weighted by atomic mass is 32.2. The number of rotatable bonds is 3. The number of hydrogen-bond donors (Lipinski definition) is 2. The molecule has 0 bridgehead atoms. The number of furan rings is 1. The second kappa shape index (κ2) is 6.53. The maximum Gasteiger partial charge on any atom is 0.251 e. The largest absolute Gasteiger partial charge is 0.459 e. The van der Waals surface area contributed by atoms with E-state index in [-0.39, 0.29) is 23.1 Å². The topological polar surface area (TPSA) is 71.3 Å². The molecular weight excluding hydrogens is 348 g/mol. The molecule has 1 aromatic heterocycles. The van der Waals surface area contributed by atoms with E-state index in [1.165, 1.54) is 11.8 Å². The van der Waals surface area contributed by atoms with Crippen LogP contribution in [0.25, 0.3) is 11.0 Å². The first-order chi connectivity index (χ1) is 12.5. The number of para-hydroxylation sites is 1. The van der Waals surface area contributed by atoms with E-state index in [4.69, 9.17) is 4.42 Å². The number of nitrogens with one attached hydrogen (secondary N) is 2. The number of fused-ring (bicyclic) bond motifs is 2. The summed E-state index contributed by atoms with van der Waals surface area (Å²) >= 11 is 1.49. The number of benzene rings is 2. The van der Waals surface area contributed by atoms with E-state index in [9.17, 15) is 9.59 Å². The second-order valence-corrected chi connectivity index (χ2v) is 7.72. The van der Waals surface area contributed by atoms with Gasteiger partial charge >= 0.3 is 0 Å². The van der Waals surface area contributed by atoms with Gasteiger partial charge in [0.05, 0.1) is 17.0 Å². The lowest BCUT2D eigenvalue weighted by Crippen LogP contribution is -2.28. The molecule has 5 nitrogen and oxygen atoms in total.